The van der Waals surface area contributed by atoms with Crippen LogP contribution in [0.15, 0.2) is 54.7 Å². The van der Waals surface area contributed by atoms with Gasteiger partial charge in [0.1, 0.15) is 11.3 Å². The summed E-state index contributed by atoms with van der Waals surface area (Å²) < 4.78 is 5.44. The molecule has 1 aliphatic carbocycles. The first-order valence-electron chi connectivity index (χ1n) is 9.69. The maximum absolute atomic E-state index is 5.72. The van der Waals surface area contributed by atoms with Crippen LogP contribution in [0.3, 0.4) is 0 Å². The van der Waals surface area contributed by atoms with Crippen molar-refractivity contribution in [3.8, 4) is 5.75 Å². The van der Waals surface area contributed by atoms with Crippen LogP contribution in [-0.4, -0.2) is 17.2 Å². The van der Waals surface area contributed by atoms with Crippen molar-refractivity contribution in [3.63, 3.8) is 0 Å². The highest BCUT2D eigenvalue weighted by atomic mass is 32.1. The van der Waals surface area contributed by atoms with E-state index in [1.165, 1.54) is 24.0 Å². The Balaban J connectivity index is 1.60. The Morgan fingerprint density at radius 1 is 1.07 bits per heavy atom. The topological polar surface area (TPSA) is 46.2 Å². The Hall–Kier alpha value is -2.66. The molecule has 0 unspecified atom stereocenters. The molecule has 3 aromatic rings. The third-order valence-electron chi connectivity index (χ3n) is 5.61. The molecule has 2 aromatic carbocycles. The Morgan fingerprint density at radius 2 is 1.82 bits per heavy atom. The van der Waals surface area contributed by atoms with Crippen molar-refractivity contribution in [1.82, 2.24) is 10.3 Å². The molecular formula is C23H25N3OS. The van der Waals surface area contributed by atoms with E-state index in [-0.39, 0.29) is 5.54 Å². The summed E-state index contributed by atoms with van der Waals surface area (Å²) in [5.74, 6) is 0.756. The number of rotatable bonds is 4. The van der Waals surface area contributed by atoms with Crippen LogP contribution in [0.5, 0.6) is 5.75 Å². The van der Waals surface area contributed by atoms with Crippen LogP contribution in [-0.2, 0) is 5.54 Å². The monoisotopic (exact) mass is 391 g/mol. The number of pyridine rings is 1. The lowest BCUT2D eigenvalue weighted by Crippen LogP contribution is -2.45. The van der Waals surface area contributed by atoms with Crippen LogP contribution < -0.4 is 15.4 Å². The molecule has 1 saturated carbocycles. The number of fused-ring (bicyclic) bond motifs is 1. The molecule has 0 aliphatic heterocycles. The maximum Gasteiger partial charge on any atom is 0.171 e. The fourth-order valence-corrected chi connectivity index (χ4v) is 4.43. The van der Waals surface area contributed by atoms with Crippen molar-refractivity contribution < 1.29 is 4.74 Å². The highest BCUT2D eigenvalue weighted by Crippen LogP contribution is 2.39. The number of methoxy groups -OCH3 is 1. The van der Waals surface area contributed by atoms with Gasteiger partial charge in [-0.3, -0.25) is 4.98 Å². The summed E-state index contributed by atoms with van der Waals surface area (Å²) in [5, 5.41) is 8.66. The van der Waals surface area contributed by atoms with Crippen LogP contribution in [0.25, 0.3) is 10.9 Å². The molecule has 0 atom stereocenters. The first-order valence-corrected chi connectivity index (χ1v) is 10.1. The number of aryl methyl sites for hydroxylation is 1. The minimum absolute atomic E-state index is 0.0989. The van der Waals surface area contributed by atoms with Crippen molar-refractivity contribution in [3.05, 3.63) is 65.9 Å². The molecule has 144 valence electrons. The highest BCUT2D eigenvalue weighted by molar-refractivity contribution is 7.80. The first-order chi connectivity index (χ1) is 13.6. The van der Waals surface area contributed by atoms with Gasteiger partial charge in [0.15, 0.2) is 5.11 Å². The van der Waals surface area contributed by atoms with Crippen LogP contribution >= 0.6 is 12.2 Å². The van der Waals surface area contributed by atoms with E-state index in [0.29, 0.717) is 5.11 Å². The van der Waals surface area contributed by atoms with E-state index in [1.54, 1.807) is 13.3 Å². The molecule has 0 bridgehead atoms. The molecule has 1 heterocycles. The van der Waals surface area contributed by atoms with Gasteiger partial charge in [-0.25, -0.2) is 0 Å². The molecule has 0 spiro atoms. The van der Waals surface area contributed by atoms with Gasteiger partial charge >= 0.3 is 0 Å². The average Bonchev–Trinajstić information content (AvgIpc) is 3.18. The quantitative estimate of drug-likeness (QED) is 0.590. The van der Waals surface area contributed by atoms with Crippen molar-refractivity contribution in [2.45, 2.75) is 38.1 Å². The van der Waals surface area contributed by atoms with E-state index in [4.69, 9.17) is 17.0 Å². The van der Waals surface area contributed by atoms with Crippen molar-refractivity contribution >= 4 is 33.9 Å². The molecule has 2 N–H and O–H groups in total. The van der Waals surface area contributed by atoms with E-state index in [2.05, 4.69) is 46.8 Å². The minimum Gasteiger partial charge on any atom is -0.494 e. The number of hydrogen-bond acceptors (Lipinski definition) is 3. The number of benzene rings is 2. The summed E-state index contributed by atoms with van der Waals surface area (Å²) in [4.78, 5) is 4.46. The Bertz CT molecular complexity index is 994. The lowest BCUT2D eigenvalue weighted by atomic mass is 9.88. The first kappa shape index (κ1) is 18.7. The highest BCUT2D eigenvalue weighted by Gasteiger charge is 2.36. The molecule has 0 amide bonds. The molecule has 1 aliphatic rings. The summed E-state index contributed by atoms with van der Waals surface area (Å²) in [6, 6.07) is 16.7. The van der Waals surface area contributed by atoms with Gasteiger partial charge < -0.3 is 15.4 Å². The van der Waals surface area contributed by atoms with Crippen LogP contribution in [0.2, 0.25) is 0 Å². The molecule has 28 heavy (non-hydrogen) atoms. The molecule has 4 rings (SSSR count). The fraction of sp³-hybridized carbons (Fsp3) is 0.304. The van der Waals surface area contributed by atoms with Gasteiger partial charge in [-0.05, 0) is 61.8 Å². The minimum atomic E-state index is -0.0989. The van der Waals surface area contributed by atoms with Gasteiger partial charge in [-0.1, -0.05) is 42.7 Å². The second-order valence-electron chi connectivity index (χ2n) is 7.45. The molecule has 1 fully saturated rings. The van der Waals surface area contributed by atoms with Crippen LogP contribution in [0.4, 0.5) is 5.69 Å². The fourth-order valence-electron chi connectivity index (χ4n) is 4.13. The molecule has 0 saturated heterocycles. The summed E-state index contributed by atoms with van der Waals surface area (Å²) in [5.41, 5.74) is 4.24. The van der Waals surface area contributed by atoms with Crippen molar-refractivity contribution in [1.29, 1.82) is 0 Å². The largest absolute Gasteiger partial charge is 0.494 e. The number of aromatic nitrogens is 1. The number of nitrogens with one attached hydrogen (secondary N) is 2. The SMILES string of the molecule is COc1ccc(NC(=S)NC2(c3ccc(C)cc3)CCCC2)c2cccnc12. The van der Waals surface area contributed by atoms with E-state index < -0.39 is 0 Å². The molecule has 1 aromatic heterocycles. The number of thiocarbonyl (C=S) groups is 1. The van der Waals surface area contributed by atoms with Crippen molar-refractivity contribution in [2.24, 2.45) is 0 Å². The standard InChI is InChI=1S/C23H25N3OS/c1-16-7-9-17(10-8-16)23(13-3-4-14-23)26-22(28)25-19-11-12-20(27-2)21-18(19)6-5-15-24-21/h5-12,15H,3-4,13-14H2,1-2H3,(H2,25,26,28). The zero-order valence-electron chi connectivity index (χ0n) is 16.3. The Kier molecular flexibility index (Phi) is 5.18. The van der Waals surface area contributed by atoms with Gasteiger partial charge in [-0.15, -0.1) is 0 Å². The van der Waals surface area contributed by atoms with Gasteiger partial charge in [0, 0.05) is 17.3 Å². The third-order valence-corrected chi connectivity index (χ3v) is 5.82. The lowest BCUT2D eigenvalue weighted by Gasteiger charge is -2.32. The van der Waals surface area contributed by atoms with Gasteiger partial charge in [0.05, 0.1) is 12.6 Å². The lowest BCUT2D eigenvalue weighted by molar-refractivity contribution is 0.408. The number of nitrogens with zero attached hydrogens (tertiary/aromatic N) is 1. The number of hydrogen-bond donors (Lipinski definition) is 2. The van der Waals surface area contributed by atoms with E-state index >= 15 is 0 Å². The third kappa shape index (κ3) is 3.54. The van der Waals surface area contributed by atoms with E-state index in [0.717, 1.165) is 35.2 Å². The Labute approximate surface area is 171 Å². The summed E-state index contributed by atoms with van der Waals surface area (Å²) in [6.45, 7) is 2.12. The van der Waals surface area contributed by atoms with Gasteiger partial charge in [-0.2, -0.15) is 0 Å². The zero-order valence-corrected chi connectivity index (χ0v) is 17.1. The normalized spacial score (nSPS) is 15.4. The van der Waals surface area contributed by atoms with Gasteiger partial charge in [0.25, 0.3) is 0 Å². The second kappa shape index (κ2) is 7.76. The summed E-state index contributed by atoms with van der Waals surface area (Å²) in [7, 11) is 1.66. The Morgan fingerprint density at radius 3 is 2.54 bits per heavy atom. The number of ether oxygens (including phenoxy) is 1. The maximum atomic E-state index is 5.72. The molecule has 4 nitrogen and oxygen atoms in total. The van der Waals surface area contributed by atoms with Crippen LogP contribution in [0, 0.1) is 6.92 Å². The van der Waals surface area contributed by atoms with E-state index in [9.17, 15) is 0 Å². The zero-order chi connectivity index (χ0) is 19.6. The smallest absolute Gasteiger partial charge is 0.171 e. The number of anilines is 1. The average molecular weight is 392 g/mol. The van der Waals surface area contributed by atoms with Gasteiger partial charge in [0.2, 0.25) is 0 Å². The molecule has 5 heteroatoms. The summed E-state index contributed by atoms with van der Waals surface area (Å²) in [6.07, 6.45) is 6.36. The second-order valence-corrected chi connectivity index (χ2v) is 7.86. The predicted molar refractivity (Wildman–Crippen MR) is 119 cm³/mol. The van der Waals surface area contributed by atoms with Crippen molar-refractivity contribution in [2.75, 3.05) is 12.4 Å². The molecule has 0 radical (unpaired) electrons. The van der Waals surface area contributed by atoms with Crippen LogP contribution in [0.1, 0.15) is 36.8 Å². The predicted octanol–water partition coefficient (Wildman–Crippen LogP) is 5.31. The molecular weight excluding hydrogens is 366 g/mol. The summed E-state index contributed by atoms with van der Waals surface area (Å²) >= 11 is 5.72. The van der Waals surface area contributed by atoms with E-state index in [1.807, 2.05) is 24.3 Å².